The van der Waals surface area contributed by atoms with E-state index in [2.05, 4.69) is 5.32 Å². The first kappa shape index (κ1) is 15.3. The molecular weight excluding hydrogens is 256 g/mol. The van der Waals surface area contributed by atoms with Gasteiger partial charge in [0, 0.05) is 24.9 Å². The third-order valence-electron chi connectivity index (χ3n) is 4.52. The molecule has 0 radical (unpaired) electrons. The molecule has 1 aliphatic carbocycles. The Morgan fingerprint density at radius 1 is 1.35 bits per heavy atom. The van der Waals surface area contributed by atoms with Gasteiger partial charge >= 0.3 is 0 Å². The Labute approximate surface area is 120 Å². The highest BCUT2D eigenvalue weighted by Crippen LogP contribution is 2.44. The normalized spacial score (nSPS) is 24.3. The molecule has 0 aromatic carbocycles. The van der Waals surface area contributed by atoms with Gasteiger partial charge in [-0.25, -0.2) is 0 Å². The highest BCUT2D eigenvalue weighted by atomic mass is 16.3. The smallest absolute Gasteiger partial charge is 0.242 e. The summed E-state index contributed by atoms with van der Waals surface area (Å²) in [6.45, 7) is 3.35. The Kier molecular flexibility index (Phi) is 5.02. The van der Waals surface area contributed by atoms with Crippen LogP contribution in [0.3, 0.4) is 0 Å². The van der Waals surface area contributed by atoms with Crippen LogP contribution in [-0.2, 0) is 9.59 Å². The first-order valence-electron chi connectivity index (χ1n) is 7.80. The number of hydrogen-bond acceptors (Lipinski definition) is 3. The fraction of sp³-hybridized carbons (Fsp3) is 0.867. The molecule has 1 aliphatic heterocycles. The van der Waals surface area contributed by atoms with E-state index in [1.807, 2.05) is 6.92 Å². The van der Waals surface area contributed by atoms with Crippen molar-refractivity contribution in [1.82, 2.24) is 10.2 Å². The molecule has 1 heterocycles. The average molecular weight is 282 g/mol. The minimum atomic E-state index is -0.308. The molecule has 1 saturated carbocycles. The average Bonchev–Trinajstić information content (AvgIpc) is 3.26. The van der Waals surface area contributed by atoms with E-state index in [9.17, 15) is 14.7 Å². The van der Waals surface area contributed by atoms with Gasteiger partial charge in [-0.05, 0) is 38.5 Å². The van der Waals surface area contributed by atoms with Gasteiger partial charge < -0.3 is 15.3 Å². The minimum Gasteiger partial charge on any atom is -0.396 e. The summed E-state index contributed by atoms with van der Waals surface area (Å²) >= 11 is 0. The van der Waals surface area contributed by atoms with Crippen molar-refractivity contribution < 1.29 is 14.7 Å². The summed E-state index contributed by atoms with van der Waals surface area (Å²) in [6.07, 6.45) is 6.04. The Morgan fingerprint density at radius 3 is 2.70 bits per heavy atom. The number of nitrogens with zero attached hydrogens (tertiary/aromatic N) is 1. The van der Waals surface area contributed by atoms with Gasteiger partial charge in [-0.2, -0.15) is 0 Å². The number of amides is 2. The summed E-state index contributed by atoms with van der Waals surface area (Å²) in [5.41, 5.74) is -0.0808. The van der Waals surface area contributed by atoms with E-state index in [0.717, 1.165) is 38.5 Å². The molecule has 114 valence electrons. The topological polar surface area (TPSA) is 69.6 Å². The van der Waals surface area contributed by atoms with E-state index in [1.54, 1.807) is 4.90 Å². The van der Waals surface area contributed by atoms with Gasteiger partial charge in [0.25, 0.3) is 0 Å². The van der Waals surface area contributed by atoms with E-state index in [4.69, 9.17) is 0 Å². The minimum absolute atomic E-state index is 0.0473. The van der Waals surface area contributed by atoms with E-state index in [0.29, 0.717) is 19.5 Å². The molecule has 1 unspecified atom stereocenters. The Balaban J connectivity index is 1.89. The number of nitrogens with one attached hydrogen (secondary N) is 1. The molecule has 2 N–H and O–H groups in total. The molecule has 0 bridgehead atoms. The summed E-state index contributed by atoms with van der Waals surface area (Å²) in [7, 11) is 0. The van der Waals surface area contributed by atoms with Crippen molar-refractivity contribution in [3.63, 3.8) is 0 Å². The Hall–Kier alpha value is -1.10. The molecule has 1 atom stereocenters. The molecule has 0 spiro atoms. The third-order valence-corrected chi connectivity index (χ3v) is 4.52. The maximum Gasteiger partial charge on any atom is 0.242 e. The fourth-order valence-electron chi connectivity index (χ4n) is 2.82. The molecule has 2 aliphatic rings. The predicted molar refractivity (Wildman–Crippen MR) is 76.0 cm³/mol. The maximum atomic E-state index is 12.3. The van der Waals surface area contributed by atoms with Gasteiger partial charge in [0.2, 0.25) is 11.8 Å². The molecular formula is C15H26N2O3. The molecule has 5 heteroatoms. The number of aliphatic hydroxyl groups excluding tert-OH is 1. The predicted octanol–water partition coefficient (Wildman–Crippen LogP) is 1.06. The van der Waals surface area contributed by atoms with Crippen LogP contribution in [0.2, 0.25) is 0 Å². The summed E-state index contributed by atoms with van der Waals surface area (Å²) in [4.78, 5) is 26.2. The molecule has 2 amide bonds. The van der Waals surface area contributed by atoms with Gasteiger partial charge in [-0.15, -0.1) is 0 Å². The van der Waals surface area contributed by atoms with Crippen LogP contribution in [0.15, 0.2) is 0 Å². The van der Waals surface area contributed by atoms with Crippen LogP contribution in [0.4, 0.5) is 0 Å². The van der Waals surface area contributed by atoms with Crippen LogP contribution >= 0.6 is 0 Å². The van der Waals surface area contributed by atoms with E-state index >= 15 is 0 Å². The number of hydrogen-bond donors (Lipinski definition) is 2. The van der Waals surface area contributed by atoms with Crippen molar-refractivity contribution in [3.05, 3.63) is 0 Å². The van der Waals surface area contributed by atoms with Gasteiger partial charge in [-0.3, -0.25) is 9.59 Å². The highest BCUT2D eigenvalue weighted by Gasteiger charge is 2.43. The van der Waals surface area contributed by atoms with Gasteiger partial charge in [-0.1, -0.05) is 6.92 Å². The fourth-order valence-corrected chi connectivity index (χ4v) is 2.82. The van der Waals surface area contributed by atoms with E-state index in [1.165, 1.54) is 0 Å². The maximum absolute atomic E-state index is 12.3. The summed E-state index contributed by atoms with van der Waals surface area (Å²) in [5, 5.41) is 12.2. The number of likely N-dealkylation sites (tertiary alicyclic amines) is 1. The van der Waals surface area contributed by atoms with Crippen LogP contribution in [0.5, 0.6) is 0 Å². The summed E-state index contributed by atoms with van der Waals surface area (Å²) in [6, 6.07) is -0.308. The van der Waals surface area contributed by atoms with Crippen molar-refractivity contribution in [1.29, 1.82) is 0 Å². The number of carbonyl (C=O) groups excluding carboxylic acids is 2. The van der Waals surface area contributed by atoms with Crippen molar-refractivity contribution in [3.8, 4) is 0 Å². The number of carbonyl (C=O) groups is 2. The molecule has 20 heavy (non-hydrogen) atoms. The van der Waals surface area contributed by atoms with Gasteiger partial charge in [0.1, 0.15) is 6.04 Å². The lowest BCUT2D eigenvalue weighted by molar-refractivity contribution is -0.142. The first-order chi connectivity index (χ1) is 9.62. The molecule has 0 aromatic heterocycles. The van der Waals surface area contributed by atoms with Crippen LogP contribution < -0.4 is 5.32 Å². The summed E-state index contributed by atoms with van der Waals surface area (Å²) in [5.74, 6) is 0.0459. The third kappa shape index (κ3) is 3.51. The Morgan fingerprint density at radius 2 is 2.10 bits per heavy atom. The molecule has 1 saturated heterocycles. The second-order valence-corrected chi connectivity index (χ2v) is 6.22. The highest BCUT2D eigenvalue weighted by molar-refractivity contribution is 5.87. The van der Waals surface area contributed by atoms with Gasteiger partial charge in [0.05, 0.1) is 6.61 Å². The quantitative estimate of drug-likeness (QED) is 0.765. The SMILES string of the molecule is CCCC(=O)N1CCCCC1C(=O)NCC1(CO)CC1. The number of aliphatic hydroxyl groups is 1. The number of piperidine rings is 1. The largest absolute Gasteiger partial charge is 0.396 e. The molecule has 2 fully saturated rings. The van der Waals surface area contributed by atoms with Crippen LogP contribution in [0, 0.1) is 5.41 Å². The number of rotatable bonds is 6. The van der Waals surface area contributed by atoms with Crippen LogP contribution in [0.25, 0.3) is 0 Å². The van der Waals surface area contributed by atoms with Crippen molar-refractivity contribution in [2.75, 3.05) is 19.7 Å². The molecule has 0 aromatic rings. The first-order valence-corrected chi connectivity index (χ1v) is 7.80. The van der Waals surface area contributed by atoms with Crippen LogP contribution in [0.1, 0.15) is 51.9 Å². The summed E-state index contributed by atoms with van der Waals surface area (Å²) < 4.78 is 0. The van der Waals surface area contributed by atoms with E-state index in [-0.39, 0.29) is 29.9 Å². The zero-order chi connectivity index (χ0) is 14.6. The standard InChI is InChI=1S/C15H26N2O3/c1-2-5-13(19)17-9-4-3-6-12(17)14(20)16-10-15(11-18)7-8-15/h12,18H,2-11H2,1H3,(H,16,20). The lowest BCUT2D eigenvalue weighted by Gasteiger charge is -2.35. The van der Waals surface area contributed by atoms with Crippen molar-refractivity contribution in [2.24, 2.45) is 5.41 Å². The van der Waals surface area contributed by atoms with Gasteiger partial charge in [0.15, 0.2) is 0 Å². The molecule has 5 nitrogen and oxygen atoms in total. The lowest BCUT2D eigenvalue weighted by Crippen LogP contribution is -2.52. The molecule has 2 rings (SSSR count). The monoisotopic (exact) mass is 282 g/mol. The van der Waals surface area contributed by atoms with Crippen molar-refractivity contribution in [2.45, 2.75) is 57.9 Å². The van der Waals surface area contributed by atoms with E-state index < -0.39 is 0 Å². The second-order valence-electron chi connectivity index (χ2n) is 6.22. The van der Waals surface area contributed by atoms with Crippen molar-refractivity contribution >= 4 is 11.8 Å². The zero-order valence-corrected chi connectivity index (χ0v) is 12.4. The second kappa shape index (κ2) is 6.57. The van der Waals surface area contributed by atoms with Crippen LogP contribution in [-0.4, -0.2) is 47.6 Å². The zero-order valence-electron chi connectivity index (χ0n) is 12.4. The Bertz CT molecular complexity index is 366. The lowest BCUT2D eigenvalue weighted by atomic mass is 10.00.